The molecule has 0 aliphatic heterocycles. The van der Waals surface area contributed by atoms with E-state index >= 15 is 0 Å². The van der Waals surface area contributed by atoms with Crippen LogP contribution in [0.5, 0.6) is 0 Å². The number of nitrogens with one attached hydrogen (secondary N) is 2. The lowest BCUT2D eigenvalue weighted by molar-refractivity contribution is 1.02. The van der Waals surface area contributed by atoms with Gasteiger partial charge in [0.1, 0.15) is 18.0 Å². The molecule has 0 aliphatic carbocycles. The molecule has 0 amide bonds. The molecule has 116 valence electrons. The molecular formula is C18H19N5. The maximum Gasteiger partial charge on any atom is 0.135 e. The highest BCUT2D eigenvalue weighted by Gasteiger charge is 2.04. The lowest BCUT2D eigenvalue weighted by Crippen LogP contribution is -2.04. The monoisotopic (exact) mass is 305 g/mol. The Hall–Kier alpha value is -2.95. The minimum atomic E-state index is 0.626. The lowest BCUT2D eigenvalue weighted by atomic mass is 10.1. The number of anilines is 3. The number of benzene rings is 1. The molecule has 2 N–H and O–H groups in total. The third kappa shape index (κ3) is 3.83. The van der Waals surface area contributed by atoms with Gasteiger partial charge in [-0.05, 0) is 37.1 Å². The van der Waals surface area contributed by atoms with Gasteiger partial charge < -0.3 is 10.6 Å². The summed E-state index contributed by atoms with van der Waals surface area (Å²) < 4.78 is 0. The Kier molecular flexibility index (Phi) is 4.47. The predicted molar refractivity (Wildman–Crippen MR) is 92.8 cm³/mol. The molecule has 0 bridgehead atoms. The minimum absolute atomic E-state index is 0.626. The fourth-order valence-corrected chi connectivity index (χ4v) is 2.35. The maximum atomic E-state index is 4.29. The van der Waals surface area contributed by atoms with E-state index < -0.39 is 0 Å². The van der Waals surface area contributed by atoms with E-state index in [1.54, 1.807) is 12.5 Å². The second-order valence-corrected chi connectivity index (χ2v) is 5.35. The highest BCUT2D eigenvalue weighted by Crippen LogP contribution is 2.23. The van der Waals surface area contributed by atoms with Crippen molar-refractivity contribution in [3.05, 3.63) is 71.8 Å². The van der Waals surface area contributed by atoms with Crippen LogP contribution < -0.4 is 10.6 Å². The molecule has 3 aromatic rings. The number of aryl methyl sites for hydroxylation is 2. The summed E-state index contributed by atoms with van der Waals surface area (Å²) in [6.45, 7) is 4.79. The highest BCUT2D eigenvalue weighted by atomic mass is 15.1. The molecule has 0 unspecified atom stereocenters. The van der Waals surface area contributed by atoms with Crippen molar-refractivity contribution in [2.45, 2.75) is 20.4 Å². The molecule has 1 aromatic carbocycles. The van der Waals surface area contributed by atoms with Gasteiger partial charge in [-0.2, -0.15) is 0 Å². The number of hydrogen-bond acceptors (Lipinski definition) is 5. The van der Waals surface area contributed by atoms with E-state index in [1.165, 1.54) is 11.1 Å². The van der Waals surface area contributed by atoms with E-state index in [4.69, 9.17) is 0 Å². The molecule has 0 saturated heterocycles. The SMILES string of the molecule is Cc1cccc(C)c1Nc1cc(NCc2ccccn2)ncn1. The quantitative estimate of drug-likeness (QED) is 0.750. The molecule has 0 atom stereocenters. The summed E-state index contributed by atoms with van der Waals surface area (Å²) in [6.07, 6.45) is 3.33. The highest BCUT2D eigenvalue weighted by molar-refractivity contribution is 5.65. The number of para-hydroxylation sites is 1. The van der Waals surface area contributed by atoms with E-state index in [0.717, 1.165) is 23.0 Å². The Morgan fingerprint density at radius 2 is 1.65 bits per heavy atom. The molecule has 2 heterocycles. The number of rotatable bonds is 5. The Bertz CT molecular complexity index is 766. The number of nitrogens with zero attached hydrogens (tertiary/aromatic N) is 3. The summed E-state index contributed by atoms with van der Waals surface area (Å²) in [5.41, 5.74) is 4.43. The normalized spacial score (nSPS) is 10.3. The first-order valence-corrected chi connectivity index (χ1v) is 7.51. The van der Waals surface area contributed by atoms with Crippen LogP contribution in [0.2, 0.25) is 0 Å². The van der Waals surface area contributed by atoms with Crippen molar-refractivity contribution in [1.29, 1.82) is 0 Å². The van der Waals surface area contributed by atoms with Crippen LogP contribution in [-0.2, 0) is 6.54 Å². The second-order valence-electron chi connectivity index (χ2n) is 5.35. The van der Waals surface area contributed by atoms with Gasteiger partial charge in [0, 0.05) is 18.0 Å². The molecule has 0 saturated carbocycles. The van der Waals surface area contributed by atoms with Gasteiger partial charge in [0.25, 0.3) is 0 Å². The van der Waals surface area contributed by atoms with Crippen molar-refractivity contribution in [2.75, 3.05) is 10.6 Å². The van der Waals surface area contributed by atoms with Crippen molar-refractivity contribution >= 4 is 17.3 Å². The van der Waals surface area contributed by atoms with Crippen LogP contribution in [0.4, 0.5) is 17.3 Å². The molecule has 0 spiro atoms. The lowest BCUT2D eigenvalue weighted by Gasteiger charge is -2.12. The Morgan fingerprint density at radius 3 is 2.39 bits per heavy atom. The number of pyridine rings is 1. The van der Waals surface area contributed by atoms with Crippen LogP contribution >= 0.6 is 0 Å². The Labute approximate surface area is 135 Å². The van der Waals surface area contributed by atoms with Crippen molar-refractivity contribution in [2.24, 2.45) is 0 Å². The zero-order valence-electron chi connectivity index (χ0n) is 13.2. The molecule has 23 heavy (non-hydrogen) atoms. The van der Waals surface area contributed by atoms with E-state index in [2.05, 4.69) is 57.6 Å². The van der Waals surface area contributed by atoms with Crippen molar-refractivity contribution < 1.29 is 0 Å². The summed E-state index contributed by atoms with van der Waals surface area (Å²) in [7, 11) is 0. The number of hydrogen-bond donors (Lipinski definition) is 2. The summed E-state index contributed by atoms with van der Waals surface area (Å²) in [5.74, 6) is 1.53. The van der Waals surface area contributed by atoms with Gasteiger partial charge in [0.2, 0.25) is 0 Å². The van der Waals surface area contributed by atoms with Crippen molar-refractivity contribution in [3.8, 4) is 0 Å². The topological polar surface area (TPSA) is 62.7 Å². The molecule has 0 aliphatic rings. The first-order valence-electron chi connectivity index (χ1n) is 7.51. The van der Waals surface area contributed by atoms with Gasteiger partial charge in [-0.1, -0.05) is 24.3 Å². The molecular weight excluding hydrogens is 286 g/mol. The van der Waals surface area contributed by atoms with Gasteiger partial charge in [0.15, 0.2) is 0 Å². The Balaban J connectivity index is 1.72. The maximum absolute atomic E-state index is 4.29. The average molecular weight is 305 g/mol. The summed E-state index contributed by atoms with van der Waals surface area (Å²) in [4.78, 5) is 12.8. The van der Waals surface area contributed by atoms with E-state index in [-0.39, 0.29) is 0 Å². The van der Waals surface area contributed by atoms with E-state index in [1.807, 2.05) is 24.3 Å². The van der Waals surface area contributed by atoms with Crippen LogP contribution in [0, 0.1) is 13.8 Å². The van der Waals surface area contributed by atoms with Gasteiger partial charge in [-0.25, -0.2) is 9.97 Å². The van der Waals surface area contributed by atoms with Gasteiger partial charge in [0.05, 0.1) is 12.2 Å². The third-order valence-corrected chi connectivity index (χ3v) is 3.58. The van der Waals surface area contributed by atoms with E-state index in [9.17, 15) is 0 Å². The van der Waals surface area contributed by atoms with Crippen LogP contribution in [-0.4, -0.2) is 15.0 Å². The van der Waals surface area contributed by atoms with Crippen LogP contribution in [0.1, 0.15) is 16.8 Å². The standard InChI is InChI=1S/C18H19N5/c1-13-6-5-7-14(2)18(13)23-17-10-16(21-12-22-17)20-11-15-8-3-4-9-19-15/h3-10,12H,11H2,1-2H3,(H2,20,21,22,23). The largest absolute Gasteiger partial charge is 0.364 e. The smallest absolute Gasteiger partial charge is 0.135 e. The Morgan fingerprint density at radius 1 is 0.870 bits per heavy atom. The predicted octanol–water partition coefficient (Wildman–Crippen LogP) is 3.84. The third-order valence-electron chi connectivity index (χ3n) is 3.58. The van der Waals surface area contributed by atoms with Crippen molar-refractivity contribution in [3.63, 3.8) is 0 Å². The molecule has 0 radical (unpaired) electrons. The molecule has 5 heteroatoms. The van der Waals surface area contributed by atoms with Crippen LogP contribution in [0.15, 0.2) is 55.0 Å². The summed E-state index contributed by atoms with van der Waals surface area (Å²) >= 11 is 0. The molecule has 2 aromatic heterocycles. The average Bonchev–Trinajstić information content (AvgIpc) is 2.58. The minimum Gasteiger partial charge on any atom is -0.364 e. The fraction of sp³-hybridized carbons (Fsp3) is 0.167. The summed E-state index contributed by atoms with van der Waals surface area (Å²) in [6, 6.07) is 14.0. The zero-order chi connectivity index (χ0) is 16.1. The van der Waals surface area contributed by atoms with Crippen LogP contribution in [0.3, 0.4) is 0 Å². The summed E-state index contributed by atoms with van der Waals surface area (Å²) in [5, 5.41) is 6.64. The fourth-order valence-electron chi connectivity index (χ4n) is 2.35. The first kappa shape index (κ1) is 15.0. The van der Waals surface area contributed by atoms with Crippen molar-refractivity contribution in [1.82, 2.24) is 15.0 Å². The van der Waals surface area contributed by atoms with E-state index in [0.29, 0.717) is 6.54 Å². The first-order chi connectivity index (χ1) is 11.2. The van der Waals surface area contributed by atoms with Crippen LogP contribution in [0.25, 0.3) is 0 Å². The van der Waals surface area contributed by atoms with Gasteiger partial charge >= 0.3 is 0 Å². The molecule has 5 nitrogen and oxygen atoms in total. The second kappa shape index (κ2) is 6.87. The van der Waals surface area contributed by atoms with Gasteiger partial charge in [-0.15, -0.1) is 0 Å². The molecule has 3 rings (SSSR count). The number of aromatic nitrogens is 3. The molecule has 0 fully saturated rings. The van der Waals surface area contributed by atoms with Gasteiger partial charge in [-0.3, -0.25) is 4.98 Å². The zero-order valence-corrected chi connectivity index (χ0v) is 13.2.